The van der Waals surface area contributed by atoms with Gasteiger partial charge in [0.1, 0.15) is 6.04 Å². The zero-order chi connectivity index (χ0) is 15.0. The Balaban J connectivity index is 1.89. The van der Waals surface area contributed by atoms with Gasteiger partial charge in [0.25, 0.3) is 0 Å². The topological polar surface area (TPSA) is 89.4 Å². The molecule has 3 rings (SSSR count). The van der Waals surface area contributed by atoms with Gasteiger partial charge in [-0.2, -0.15) is 0 Å². The maximum Gasteiger partial charge on any atom is 0.240 e. The Morgan fingerprint density at radius 2 is 1.86 bits per heavy atom. The highest BCUT2D eigenvalue weighted by atomic mass is 16.2. The van der Waals surface area contributed by atoms with Crippen molar-refractivity contribution in [3.63, 3.8) is 0 Å². The smallest absolute Gasteiger partial charge is 0.240 e. The Labute approximate surface area is 124 Å². The predicted octanol–water partition coefficient (Wildman–Crippen LogP) is 0.553. The van der Waals surface area contributed by atoms with Crippen LogP contribution in [0.5, 0.6) is 0 Å². The molecule has 1 aromatic rings. The molecule has 0 radical (unpaired) electrons. The van der Waals surface area contributed by atoms with E-state index in [-0.39, 0.29) is 17.9 Å². The van der Waals surface area contributed by atoms with Crippen LogP contribution in [0.4, 0.5) is 0 Å². The third-order valence-electron chi connectivity index (χ3n) is 4.75. The molecule has 1 saturated carbocycles. The van der Waals surface area contributed by atoms with Gasteiger partial charge in [0.05, 0.1) is 5.92 Å². The summed E-state index contributed by atoms with van der Waals surface area (Å²) in [7, 11) is 0. The number of nitrogens with zero attached hydrogens (tertiary/aromatic N) is 1. The Kier molecular flexibility index (Phi) is 3.68. The fraction of sp³-hybridized carbons (Fsp3) is 0.500. The Morgan fingerprint density at radius 1 is 1.14 bits per heavy atom. The van der Waals surface area contributed by atoms with Crippen LogP contribution in [0.2, 0.25) is 0 Å². The average Bonchev–Trinajstić information content (AvgIpc) is 2.91. The van der Waals surface area contributed by atoms with Crippen LogP contribution in [0, 0.1) is 5.92 Å². The number of carbonyl (C=O) groups is 2. The van der Waals surface area contributed by atoms with Gasteiger partial charge in [-0.05, 0) is 24.0 Å². The van der Waals surface area contributed by atoms with E-state index in [1.165, 1.54) is 0 Å². The molecule has 1 fully saturated rings. The number of amides is 2. The van der Waals surface area contributed by atoms with E-state index >= 15 is 0 Å². The summed E-state index contributed by atoms with van der Waals surface area (Å²) in [6.45, 7) is 0.450. The molecular weight excluding hydrogens is 266 g/mol. The van der Waals surface area contributed by atoms with Crippen LogP contribution in [-0.4, -0.2) is 28.8 Å². The monoisotopic (exact) mass is 287 g/mol. The van der Waals surface area contributed by atoms with Gasteiger partial charge < -0.3 is 16.4 Å². The molecule has 3 atom stereocenters. The molecule has 1 heterocycles. The number of hydrogen-bond donors (Lipinski definition) is 2. The van der Waals surface area contributed by atoms with E-state index in [0.29, 0.717) is 13.0 Å². The van der Waals surface area contributed by atoms with Gasteiger partial charge >= 0.3 is 0 Å². The molecule has 2 amide bonds. The van der Waals surface area contributed by atoms with E-state index in [4.69, 9.17) is 11.5 Å². The fourth-order valence-electron chi connectivity index (χ4n) is 3.52. The van der Waals surface area contributed by atoms with Gasteiger partial charge in [-0.1, -0.05) is 30.7 Å². The van der Waals surface area contributed by atoms with E-state index < -0.39 is 11.9 Å². The molecule has 2 aliphatic rings. The van der Waals surface area contributed by atoms with Crippen LogP contribution in [-0.2, 0) is 22.6 Å². The van der Waals surface area contributed by atoms with Gasteiger partial charge in [0.2, 0.25) is 11.8 Å². The van der Waals surface area contributed by atoms with Crippen molar-refractivity contribution in [2.45, 2.75) is 44.3 Å². The highest BCUT2D eigenvalue weighted by Gasteiger charge is 2.39. The Hall–Kier alpha value is -1.88. The highest BCUT2D eigenvalue weighted by Crippen LogP contribution is 2.30. The minimum Gasteiger partial charge on any atom is -0.368 e. The van der Waals surface area contributed by atoms with Crippen LogP contribution >= 0.6 is 0 Å². The van der Waals surface area contributed by atoms with Gasteiger partial charge in [-0.15, -0.1) is 0 Å². The molecule has 1 aliphatic carbocycles. The summed E-state index contributed by atoms with van der Waals surface area (Å²) in [6, 6.07) is 7.24. The number of hydrogen-bond acceptors (Lipinski definition) is 3. The van der Waals surface area contributed by atoms with Crippen LogP contribution in [0.25, 0.3) is 0 Å². The van der Waals surface area contributed by atoms with Crippen LogP contribution in [0.15, 0.2) is 24.3 Å². The summed E-state index contributed by atoms with van der Waals surface area (Å²) < 4.78 is 0. The molecule has 5 nitrogen and oxygen atoms in total. The quantitative estimate of drug-likeness (QED) is 0.832. The molecule has 0 aromatic heterocycles. The standard InChI is InChI=1S/C16H21N3O2/c17-13-7-3-6-12(13)16(21)19-9-11-5-2-1-4-10(11)8-14(19)15(18)20/h1-2,4-5,12-14H,3,6-9,17H2,(H2,18,20)/t12?,13?,14-/m0/s1. The maximum atomic E-state index is 12.8. The van der Waals surface area contributed by atoms with Crippen molar-refractivity contribution in [3.05, 3.63) is 35.4 Å². The van der Waals surface area contributed by atoms with Gasteiger partial charge in [0, 0.05) is 19.0 Å². The fourth-order valence-corrected chi connectivity index (χ4v) is 3.52. The summed E-state index contributed by atoms with van der Waals surface area (Å²) in [6.07, 6.45) is 3.16. The number of rotatable bonds is 2. The molecule has 1 aliphatic heterocycles. The third kappa shape index (κ3) is 2.53. The van der Waals surface area contributed by atoms with Gasteiger partial charge in [-0.3, -0.25) is 9.59 Å². The second-order valence-corrected chi connectivity index (χ2v) is 6.06. The predicted molar refractivity (Wildman–Crippen MR) is 79.0 cm³/mol. The van der Waals surface area contributed by atoms with E-state index in [1.807, 2.05) is 24.3 Å². The van der Waals surface area contributed by atoms with Crippen LogP contribution < -0.4 is 11.5 Å². The molecule has 4 N–H and O–H groups in total. The molecule has 21 heavy (non-hydrogen) atoms. The van der Waals surface area contributed by atoms with Crippen molar-refractivity contribution in [1.29, 1.82) is 0 Å². The van der Waals surface area contributed by atoms with Crippen molar-refractivity contribution in [2.24, 2.45) is 17.4 Å². The molecule has 0 bridgehead atoms. The number of carbonyl (C=O) groups excluding carboxylic acids is 2. The number of fused-ring (bicyclic) bond motifs is 1. The Morgan fingerprint density at radius 3 is 2.48 bits per heavy atom. The average molecular weight is 287 g/mol. The van der Waals surface area contributed by atoms with Crippen molar-refractivity contribution >= 4 is 11.8 Å². The first-order chi connectivity index (χ1) is 10.1. The van der Waals surface area contributed by atoms with Gasteiger partial charge in [-0.25, -0.2) is 0 Å². The molecule has 0 saturated heterocycles. The second kappa shape index (κ2) is 5.48. The second-order valence-electron chi connectivity index (χ2n) is 6.06. The van der Waals surface area contributed by atoms with Crippen molar-refractivity contribution in [2.75, 3.05) is 0 Å². The first-order valence-corrected chi connectivity index (χ1v) is 7.50. The van der Waals surface area contributed by atoms with E-state index in [2.05, 4.69) is 0 Å². The van der Waals surface area contributed by atoms with E-state index in [9.17, 15) is 9.59 Å². The largest absolute Gasteiger partial charge is 0.368 e. The molecule has 2 unspecified atom stereocenters. The van der Waals surface area contributed by atoms with Gasteiger partial charge in [0.15, 0.2) is 0 Å². The zero-order valence-electron chi connectivity index (χ0n) is 12.0. The summed E-state index contributed by atoms with van der Waals surface area (Å²) in [5, 5.41) is 0. The normalized spacial score (nSPS) is 28.2. The van der Waals surface area contributed by atoms with Crippen LogP contribution in [0.3, 0.4) is 0 Å². The van der Waals surface area contributed by atoms with E-state index in [1.54, 1.807) is 4.90 Å². The molecule has 112 valence electrons. The van der Waals surface area contributed by atoms with Crippen molar-refractivity contribution in [3.8, 4) is 0 Å². The molecule has 1 aromatic carbocycles. The number of primary amides is 1. The first kappa shape index (κ1) is 14.1. The minimum atomic E-state index is -0.555. The minimum absolute atomic E-state index is 0.0155. The summed E-state index contributed by atoms with van der Waals surface area (Å²) >= 11 is 0. The molecule has 5 heteroatoms. The SMILES string of the molecule is NC(=O)[C@@H]1Cc2ccccc2CN1C(=O)C1CCCC1N. The van der Waals surface area contributed by atoms with Crippen molar-refractivity contribution < 1.29 is 9.59 Å². The summed E-state index contributed by atoms with van der Waals surface area (Å²) in [5.41, 5.74) is 13.8. The lowest BCUT2D eigenvalue weighted by Crippen LogP contribution is -2.54. The summed E-state index contributed by atoms with van der Waals surface area (Å²) in [5.74, 6) is -0.625. The summed E-state index contributed by atoms with van der Waals surface area (Å²) in [4.78, 5) is 26.2. The Bertz CT molecular complexity index is 572. The third-order valence-corrected chi connectivity index (χ3v) is 4.75. The van der Waals surface area contributed by atoms with Crippen LogP contribution in [0.1, 0.15) is 30.4 Å². The number of benzene rings is 1. The molecule has 0 spiro atoms. The molecular formula is C16H21N3O2. The highest BCUT2D eigenvalue weighted by molar-refractivity contribution is 5.88. The van der Waals surface area contributed by atoms with E-state index in [0.717, 1.165) is 30.4 Å². The first-order valence-electron chi connectivity index (χ1n) is 7.50. The maximum absolute atomic E-state index is 12.8. The lowest BCUT2D eigenvalue weighted by Gasteiger charge is -2.37. The lowest BCUT2D eigenvalue weighted by atomic mass is 9.91. The zero-order valence-corrected chi connectivity index (χ0v) is 12.0. The van der Waals surface area contributed by atoms with Crippen molar-refractivity contribution in [1.82, 2.24) is 4.90 Å². The lowest BCUT2D eigenvalue weighted by molar-refractivity contribution is -0.144. The number of nitrogens with two attached hydrogens (primary N) is 2.